The molecule has 1 saturated heterocycles. The number of hydrogen-bond donors (Lipinski definition) is 1. The second-order valence-corrected chi connectivity index (χ2v) is 5.65. The number of unbranched alkanes of at least 4 members (excludes halogenated alkanes) is 2. The van der Waals surface area contributed by atoms with Gasteiger partial charge < -0.3 is 15.6 Å². The van der Waals surface area contributed by atoms with E-state index in [9.17, 15) is 10.0 Å². The molecule has 0 saturated carbocycles. The molecule has 0 aliphatic carbocycles. The molecule has 1 aliphatic heterocycles. The lowest BCUT2D eigenvalue weighted by atomic mass is 9.80. The lowest BCUT2D eigenvalue weighted by molar-refractivity contribution is -0.928. The molecule has 2 N–H and O–H groups in total. The van der Waals surface area contributed by atoms with E-state index in [1.54, 1.807) is 0 Å². The number of carbonyl (C=O) groups excluding carboxylic acids is 1. The molecule has 0 aromatic rings. The number of primary amides is 1. The van der Waals surface area contributed by atoms with Gasteiger partial charge in [0, 0.05) is 12.8 Å². The lowest BCUT2D eigenvalue weighted by Gasteiger charge is -2.58. The summed E-state index contributed by atoms with van der Waals surface area (Å²) < 4.78 is -0.365. The van der Waals surface area contributed by atoms with Gasteiger partial charge in [-0.25, -0.2) is 0 Å². The number of quaternary nitrogens is 1. The maximum atomic E-state index is 13.1. The molecule has 4 nitrogen and oxygen atoms in total. The Bertz CT molecular complexity index is 283. The van der Waals surface area contributed by atoms with Crippen LogP contribution in [0.4, 0.5) is 0 Å². The van der Waals surface area contributed by atoms with Crippen LogP contribution in [-0.2, 0) is 4.79 Å². The minimum absolute atomic E-state index is 0.365. The summed E-state index contributed by atoms with van der Waals surface area (Å²) in [6.07, 6.45) is 7.01. The van der Waals surface area contributed by atoms with Gasteiger partial charge in [0.05, 0.1) is 13.1 Å². The zero-order valence-corrected chi connectivity index (χ0v) is 11.9. The van der Waals surface area contributed by atoms with Crippen molar-refractivity contribution < 1.29 is 9.44 Å². The summed E-state index contributed by atoms with van der Waals surface area (Å²) in [5.41, 5.74) is 4.79. The van der Waals surface area contributed by atoms with Crippen LogP contribution in [-0.4, -0.2) is 29.2 Å². The number of amides is 1. The van der Waals surface area contributed by atoms with Gasteiger partial charge in [-0.1, -0.05) is 26.7 Å². The summed E-state index contributed by atoms with van der Waals surface area (Å²) in [6.45, 7) is 5.27. The minimum atomic E-state index is -0.844. The molecular weight excluding hydrogens is 228 g/mol. The van der Waals surface area contributed by atoms with Crippen molar-refractivity contribution in [3.05, 3.63) is 5.21 Å². The number of likely N-dealkylation sites (tertiary alicyclic amines) is 1. The van der Waals surface area contributed by atoms with Crippen molar-refractivity contribution in [2.75, 3.05) is 13.1 Å². The molecule has 1 aliphatic rings. The first-order chi connectivity index (χ1) is 8.52. The number of nitrogens with zero attached hydrogens (tertiary/aromatic N) is 1. The van der Waals surface area contributed by atoms with Crippen LogP contribution in [0, 0.1) is 5.21 Å². The normalized spacial score (nSPS) is 32.4. The standard InChI is InChI=1S/C14H28N2O2/c1-3-5-9-14(13(15)17)10-7-8-12-16(14,18)11-6-4-2/h3-12H2,1-2H3,(H2,15,17). The Hall–Kier alpha value is -0.610. The molecule has 4 heteroatoms. The Labute approximate surface area is 111 Å². The SMILES string of the molecule is CCCCC1(C(N)=O)CCCC[N+]1([O-])CCCC. The summed E-state index contributed by atoms with van der Waals surface area (Å²) >= 11 is 0. The lowest BCUT2D eigenvalue weighted by Crippen LogP contribution is -2.69. The minimum Gasteiger partial charge on any atom is -0.632 e. The molecule has 0 aromatic heterocycles. The van der Waals surface area contributed by atoms with Gasteiger partial charge in [0.15, 0.2) is 5.54 Å². The third-order valence-corrected chi connectivity index (χ3v) is 4.42. The molecule has 18 heavy (non-hydrogen) atoms. The largest absolute Gasteiger partial charge is 0.632 e. The van der Waals surface area contributed by atoms with Crippen molar-refractivity contribution in [1.82, 2.24) is 0 Å². The Morgan fingerprint density at radius 3 is 2.50 bits per heavy atom. The monoisotopic (exact) mass is 256 g/mol. The van der Waals surface area contributed by atoms with Crippen LogP contribution >= 0.6 is 0 Å². The quantitative estimate of drug-likeness (QED) is 0.562. The number of rotatable bonds is 7. The molecule has 0 aromatic carbocycles. The summed E-state index contributed by atoms with van der Waals surface area (Å²) in [6, 6.07) is 0. The molecule has 0 radical (unpaired) electrons. The Morgan fingerprint density at radius 2 is 1.94 bits per heavy atom. The Morgan fingerprint density at radius 1 is 1.28 bits per heavy atom. The maximum absolute atomic E-state index is 13.1. The highest BCUT2D eigenvalue weighted by atomic mass is 16.6. The van der Waals surface area contributed by atoms with Gasteiger partial charge in [-0.2, -0.15) is 0 Å². The summed E-state index contributed by atoms with van der Waals surface area (Å²) in [5.74, 6) is -0.373. The highest BCUT2D eigenvalue weighted by Crippen LogP contribution is 2.39. The topological polar surface area (TPSA) is 66.2 Å². The van der Waals surface area contributed by atoms with Crippen LogP contribution in [0.5, 0.6) is 0 Å². The van der Waals surface area contributed by atoms with Crippen molar-refractivity contribution in [3.63, 3.8) is 0 Å². The maximum Gasteiger partial charge on any atom is 0.279 e. The van der Waals surface area contributed by atoms with E-state index in [1.165, 1.54) is 0 Å². The summed E-state index contributed by atoms with van der Waals surface area (Å²) in [7, 11) is 0. The van der Waals surface area contributed by atoms with Gasteiger partial charge in [0.2, 0.25) is 0 Å². The number of carbonyl (C=O) groups is 1. The Balaban J connectivity index is 2.95. The predicted octanol–water partition coefficient (Wildman–Crippen LogP) is 2.70. The van der Waals surface area contributed by atoms with Gasteiger partial charge in [-0.3, -0.25) is 4.79 Å². The average Bonchev–Trinajstić information content (AvgIpc) is 2.35. The van der Waals surface area contributed by atoms with Gasteiger partial charge in [-0.15, -0.1) is 0 Å². The fourth-order valence-corrected chi connectivity index (χ4v) is 3.19. The van der Waals surface area contributed by atoms with E-state index in [2.05, 4.69) is 13.8 Å². The van der Waals surface area contributed by atoms with Crippen LogP contribution in [0.25, 0.3) is 0 Å². The molecule has 1 rings (SSSR count). The molecule has 106 valence electrons. The average molecular weight is 256 g/mol. The first kappa shape index (κ1) is 15.4. The van der Waals surface area contributed by atoms with Crippen LogP contribution in [0.15, 0.2) is 0 Å². The highest BCUT2D eigenvalue weighted by molar-refractivity contribution is 5.83. The third kappa shape index (κ3) is 2.86. The molecule has 1 heterocycles. The molecule has 1 fully saturated rings. The van der Waals surface area contributed by atoms with E-state index < -0.39 is 5.54 Å². The van der Waals surface area contributed by atoms with E-state index in [4.69, 9.17) is 5.73 Å². The molecule has 0 bridgehead atoms. The number of hydrogen-bond acceptors (Lipinski definition) is 2. The molecule has 1 amide bonds. The third-order valence-electron chi connectivity index (χ3n) is 4.42. The second kappa shape index (κ2) is 6.53. The molecule has 2 unspecified atom stereocenters. The van der Waals surface area contributed by atoms with Crippen molar-refractivity contribution in [2.24, 2.45) is 5.73 Å². The first-order valence-electron chi connectivity index (χ1n) is 7.40. The van der Waals surface area contributed by atoms with Crippen LogP contribution < -0.4 is 5.73 Å². The number of hydroxylamine groups is 3. The van der Waals surface area contributed by atoms with Crippen molar-refractivity contribution in [3.8, 4) is 0 Å². The van der Waals surface area contributed by atoms with E-state index in [-0.39, 0.29) is 10.6 Å². The van der Waals surface area contributed by atoms with Crippen LogP contribution in [0.2, 0.25) is 0 Å². The number of nitrogens with two attached hydrogens (primary N) is 1. The summed E-state index contributed by atoms with van der Waals surface area (Å²) in [5, 5.41) is 13.1. The smallest absolute Gasteiger partial charge is 0.279 e. The fourth-order valence-electron chi connectivity index (χ4n) is 3.19. The molecule has 0 spiro atoms. The van der Waals surface area contributed by atoms with Crippen molar-refractivity contribution in [1.29, 1.82) is 0 Å². The van der Waals surface area contributed by atoms with Crippen LogP contribution in [0.1, 0.15) is 65.2 Å². The Kier molecular flexibility index (Phi) is 5.60. The first-order valence-corrected chi connectivity index (χ1v) is 7.40. The predicted molar refractivity (Wildman–Crippen MR) is 73.6 cm³/mol. The van der Waals surface area contributed by atoms with E-state index in [0.29, 0.717) is 25.9 Å². The van der Waals surface area contributed by atoms with E-state index >= 15 is 0 Å². The zero-order valence-electron chi connectivity index (χ0n) is 11.9. The van der Waals surface area contributed by atoms with E-state index in [1.807, 2.05) is 0 Å². The van der Waals surface area contributed by atoms with Gasteiger partial charge in [0.1, 0.15) is 0 Å². The van der Waals surface area contributed by atoms with Gasteiger partial charge in [0.25, 0.3) is 5.91 Å². The van der Waals surface area contributed by atoms with Gasteiger partial charge in [-0.05, 0) is 25.7 Å². The molecule has 2 atom stereocenters. The second-order valence-electron chi connectivity index (χ2n) is 5.65. The van der Waals surface area contributed by atoms with Crippen molar-refractivity contribution in [2.45, 2.75) is 70.8 Å². The number of piperidine rings is 1. The van der Waals surface area contributed by atoms with Gasteiger partial charge >= 0.3 is 0 Å². The highest BCUT2D eigenvalue weighted by Gasteiger charge is 2.51. The fraction of sp³-hybridized carbons (Fsp3) is 0.929. The van der Waals surface area contributed by atoms with Crippen LogP contribution in [0.3, 0.4) is 0 Å². The zero-order chi connectivity index (χ0) is 13.6. The van der Waals surface area contributed by atoms with E-state index in [0.717, 1.165) is 38.5 Å². The van der Waals surface area contributed by atoms with Crippen molar-refractivity contribution >= 4 is 5.91 Å². The summed E-state index contributed by atoms with van der Waals surface area (Å²) in [4.78, 5) is 12.0. The molecular formula is C14H28N2O2.